The number of aryl methyl sites for hydroxylation is 1. The normalized spacial score (nSPS) is 18.2. The second-order valence-corrected chi connectivity index (χ2v) is 6.69. The van der Waals surface area contributed by atoms with Crippen LogP contribution in [0.15, 0.2) is 41.5 Å². The molecule has 1 aliphatic rings. The Labute approximate surface area is 156 Å². The number of halogens is 3. The molecule has 1 aliphatic heterocycles. The molecule has 1 unspecified atom stereocenters. The lowest BCUT2D eigenvalue weighted by Gasteiger charge is -2.21. The van der Waals surface area contributed by atoms with Gasteiger partial charge < -0.3 is 10.2 Å². The van der Waals surface area contributed by atoms with Gasteiger partial charge in [-0.25, -0.2) is 4.99 Å². The molecule has 5 nitrogen and oxygen atoms in total. The van der Waals surface area contributed by atoms with E-state index in [0.29, 0.717) is 18.4 Å². The molecule has 0 amide bonds. The lowest BCUT2D eigenvalue weighted by atomic mass is 9.99. The fourth-order valence-electron chi connectivity index (χ4n) is 3.43. The van der Waals surface area contributed by atoms with Gasteiger partial charge in [0, 0.05) is 44.4 Å². The third kappa shape index (κ3) is 4.61. The number of hydrogen-bond donors (Lipinski definition) is 1. The standard InChI is InChI=1S/C19H24F3N5/c1-3-23-18(24-11-16-12-26(2)25-17(16)19(20,21)22)27-10-9-15(13-27)14-7-5-4-6-8-14/h4-8,12,15H,3,9-11,13H2,1-2H3,(H,23,24). The van der Waals surface area contributed by atoms with Gasteiger partial charge in [0.1, 0.15) is 0 Å². The zero-order chi connectivity index (χ0) is 19.4. The number of aliphatic imine (C=N–C) groups is 1. The van der Waals surface area contributed by atoms with Crippen molar-refractivity contribution in [3.05, 3.63) is 53.3 Å². The van der Waals surface area contributed by atoms with Crippen molar-refractivity contribution in [3.63, 3.8) is 0 Å². The van der Waals surface area contributed by atoms with Crippen LogP contribution in [0.5, 0.6) is 0 Å². The zero-order valence-electron chi connectivity index (χ0n) is 15.5. The van der Waals surface area contributed by atoms with Gasteiger partial charge in [-0.05, 0) is 18.9 Å². The second-order valence-electron chi connectivity index (χ2n) is 6.69. The number of benzene rings is 1. The molecule has 0 aliphatic carbocycles. The summed E-state index contributed by atoms with van der Waals surface area (Å²) in [6.45, 7) is 4.17. The average Bonchev–Trinajstić information content (AvgIpc) is 3.26. The summed E-state index contributed by atoms with van der Waals surface area (Å²) in [7, 11) is 1.48. The molecule has 146 valence electrons. The third-order valence-corrected chi connectivity index (χ3v) is 4.67. The topological polar surface area (TPSA) is 45.5 Å². The van der Waals surface area contributed by atoms with Gasteiger partial charge in [0.05, 0.1) is 6.54 Å². The number of likely N-dealkylation sites (tertiary alicyclic amines) is 1. The van der Waals surface area contributed by atoms with E-state index in [2.05, 4.69) is 32.4 Å². The van der Waals surface area contributed by atoms with Crippen LogP contribution in [0.1, 0.15) is 36.1 Å². The minimum Gasteiger partial charge on any atom is -0.357 e. The lowest BCUT2D eigenvalue weighted by Crippen LogP contribution is -2.40. The lowest BCUT2D eigenvalue weighted by molar-refractivity contribution is -0.142. The molecular weight excluding hydrogens is 355 g/mol. The van der Waals surface area contributed by atoms with E-state index in [1.54, 1.807) is 0 Å². The summed E-state index contributed by atoms with van der Waals surface area (Å²) in [6.07, 6.45) is -2.10. The van der Waals surface area contributed by atoms with Crippen LogP contribution < -0.4 is 5.32 Å². The highest BCUT2D eigenvalue weighted by molar-refractivity contribution is 5.80. The minimum absolute atomic E-state index is 0.0580. The van der Waals surface area contributed by atoms with Crippen LogP contribution in [0.2, 0.25) is 0 Å². The highest BCUT2D eigenvalue weighted by Crippen LogP contribution is 2.31. The summed E-state index contributed by atoms with van der Waals surface area (Å²) in [5.74, 6) is 1.05. The van der Waals surface area contributed by atoms with Gasteiger partial charge in [-0.1, -0.05) is 30.3 Å². The largest absolute Gasteiger partial charge is 0.435 e. The van der Waals surface area contributed by atoms with Crippen LogP contribution in [0.4, 0.5) is 13.2 Å². The molecule has 0 saturated carbocycles. The maximum absolute atomic E-state index is 13.1. The average molecular weight is 379 g/mol. The Kier molecular flexibility index (Phi) is 5.72. The van der Waals surface area contributed by atoms with Gasteiger partial charge in [0.25, 0.3) is 0 Å². The summed E-state index contributed by atoms with van der Waals surface area (Å²) in [5, 5.41) is 6.74. The van der Waals surface area contributed by atoms with Crippen LogP contribution >= 0.6 is 0 Å². The van der Waals surface area contributed by atoms with Crippen molar-refractivity contribution in [2.45, 2.75) is 32.0 Å². The quantitative estimate of drug-likeness (QED) is 0.654. The third-order valence-electron chi connectivity index (χ3n) is 4.67. The molecule has 3 rings (SSSR count). The zero-order valence-corrected chi connectivity index (χ0v) is 15.5. The summed E-state index contributed by atoms with van der Waals surface area (Å²) < 4.78 is 40.6. The van der Waals surface area contributed by atoms with Crippen molar-refractivity contribution in [1.29, 1.82) is 0 Å². The minimum atomic E-state index is -4.48. The van der Waals surface area contributed by atoms with E-state index >= 15 is 0 Å². The van der Waals surface area contributed by atoms with Crippen LogP contribution in [0, 0.1) is 0 Å². The van der Waals surface area contributed by atoms with E-state index < -0.39 is 11.9 Å². The van der Waals surface area contributed by atoms with E-state index in [-0.39, 0.29) is 12.1 Å². The number of aromatic nitrogens is 2. The monoisotopic (exact) mass is 379 g/mol. The van der Waals surface area contributed by atoms with Crippen molar-refractivity contribution in [3.8, 4) is 0 Å². The van der Waals surface area contributed by atoms with Crippen molar-refractivity contribution in [1.82, 2.24) is 20.0 Å². The molecule has 27 heavy (non-hydrogen) atoms. The van der Waals surface area contributed by atoms with E-state index in [1.807, 2.05) is 25.1 Å². The van der Waals surface area contributed by atoms with Crippen LogP contribution in [-0.4, -0.2) is 40.3 Å². The summed E-state index contributed by atoms with van der Waals surface area (Å²) in [6, 6.07) is 10.3. The van der Waals surface area contributed by atoms with Gasteiger partial charge in [-0.3, -0.25) is 4.68 Å². The van der Waals surface area contributed by atoms with Gasteiger partial charge in [-0.15, -0.1) is 0 Å². The SMILES string of the molecule is CCNC(=NCc1cn(C)nc1C(F)(F)F)N1CCC(c2ccccc2)C1. The molecule has 0 radical (unpaired) electrons. The second kappa shape index (κ2) is 8.02. The molecule has 2 heterocycles. The fourth-order valence-corrected chi connectivity index (χ4v) is 3.43. The van der Waals surface area contributed by atoms with E-state index in [9.17, 15) is 13.2 Å². The maximum atomic E-state index is 13.1. The Bertz CT molecular complexity index is 782. The Morgan fingerprint density at radius 2 is 2.04 bits per heavy atom. The molecule has 1 aromatic heterocycles. The number of nitrogens with zero attached hydrogens (tertiary/aromatic N) is 4. The molecule has 8 heteroatoms. The summed E-state index contributed by atoms with van der Waals surface area (Å²) >= 11 is 0. The number of nitrogens with one attached hydrogen (secondary N) is 1. The van der Waals surface area contributed by atoms with Gasteiger partial charge in [0.15, 0.2) is 11.7 Å². The number of hydrogen-bond acceptors (Lipinski definition) is 2. The summed E-state index contributed by atoms with van der Waals surface area (Å²) in [5.41, 5.74) is 0.495. The first kappa shape index (κ1) is 19.3. The van der Waals surface area contributed by atoms with E-state index in [1.165, 1.54) is 23.5 Å². The molecular formula is C19H24F3N5. The number of guanidine groups is 1. The summed E-state index contributed by atoms with van der Waals surface area (Å²) in [4.78, 5) is 6.58. The van der Waals surface area contributed by atoms with E-state index in [4.69, 9.17) is 0 Å². The highest BCUT2D eigenvalue weighted by Gasteiger charge is 2.37. The Morgan fingerprint density at radius 3 is 2.70 bits per heavy atom. The molecule has 0 bridgehead atoms. The molecule has 2 aromatic rings. The Hall–Kier alpha value is -2.51. The van der Waals surface area contributed by atoms with Gasteiger partial charge in [-0.2, -0.15) is 18.3 Å². The number of rotatable bonds is 4. The van der Waals surface area contributed by atoms with Crippen LogP contribution in [-0.2, 0) is 19.8 Å². The van der Waals surface area contributed by atoms with Crippen molar-refractivity contribution < 1.29 is 13.2 Å². The molecule has 1 N–H and O–H groups in total. The van der Waals surface area contributed by atoms with Gasteiger partial charge in [0.2, 0.25) is 0 Å². The van der Waals surface area contributed by atoms with Crippen LogP contribution in [0.25, 0.3) is 0 Å². The predicted molar refractivity (Wildman–Crippen MR) is 98.4 cm³/mol. The first-order valence-electron chi connectivity index (χ1n) is 9.06. The van der Waals surface area contributed by atoms with E-state index in [0.717, 1.165) is 19.5 Å². The smallest absolute Gasteiger partial charge is 0.357 e. The fraction of sp³-hybridized carbons (Fsp3) is 0.474. The molecule has 1 fully saturated rings. The first-order valence-corrected chi connectivity index (χ1v) is 9.06. The molecule has 1 saturated heterocycles. The maximum Gasteiger partial charge on any atom is 0.435 e. The molecule has 0 spiro atoms. The Balaban J connectivity index is 1.75. The predicted octanol–water partition coefficient (Wildman–Crippen LogP) is 3.39. The van der Waals surface area contributed by atoms with Crippen LogP contribution in [0.3, 0.4) is 0 Å². The van der Waals surface area contributed by atoms with Gasteiger partial charge >= 0.3 is 6.18 Å². The first-order chi connectivity index (χ1) is 12.9. The molecule has 1 atom stereocenters. The van der Waals surface area contributed by atoms with Crippen molar-refractivity contribution in [2.24, 2.45) is 12.0 Å². The van der Waals surface area contributed by atoms with Crippen molar-refractivity contribution >= 4 is 5.96 Å². The Morgan fingerprint density at radius 1 is 1.30 bits per heavy atom. The number of alkyl halides is 3. The van der Waals surface area contributed by atoms with Crippen molar-refractivity contribution in [2.75, 3.05) is 19.6 Å². The molecule has 1 aromatic carbocycles. The highest BCUT2D eigenvalue weighted by atomic mass is 19.4.